The van der Waals surface area contributed by atoms with Gasteiger partial charge in [-0.25, -0.2) is 4.79 Å². The molecule has 5 N–H and O–H groups in total. The van der Waals surface area contributed by atoms with Crippen LogP contribution < -0.4 is 5.73 Å². The first-order valence-electron chi connectivity index (χ1n) is 3.39. The summed E-state index contributed by atoms with van der Waals surface area (Å²) in [5.74, 6) is -2.85. The summed E-state index contributed by atoms with van der Waals surface area (Å²) in [6.07, 6.45) is -0.891. The number of hydrogen-bond donors (Lipinski definition) is 4. The van der Waals surface area contributed by atoms with Crippen LogP contribution in [0.4, 0.5) is 0 Å². The van der Waals surface area contributed by atoms with E-state index in [1.165, 1.54) is 0 Å². The number of nitrogens with two attached hydrogens (primary N) is 1. The van der Waals surface area contributed by atoms with Crippen molar-refractivity contribution in [3.05, 3.63) is 12.7 Å². The third kappa shape index (κ3) is 13.6. The maximum absolute atomic E-state index is 9.72. The van der Waals surface area contributed by atoms with E-state index in [-0.39, 0.29) is 0 Å². The van der Waals surface area contributed by atoms with Crippen molar-refractivity contribution in [2.24, 2.45) is 5.73 Å². The van der Waals surface area contributed by atoms with Crippen LogP contribution >= 0.6 is 0 Å². The van der Waals surface area contributed by atoms with E-state index < -0.39 is 24.5 Å². The van der Waals surface area contributed by atoms with Gasteiger partial charge in [0.2, 0.25) is 0 Å². The first-order chi connectivity index (χ1) is 5.95. The summed E-state index contributed by atoms with van der Waals surface area (Å²) in [6.45, 7) is 3.94. The summed E-state index contributed by atoms with van der Waals surface area (Å²) in [5.41, 5.74) is 4.91. The minimum atomic E-state index is -1.79. The number of carboxylic acids is 2. The van der Waals surface area contributed by atoms with Gasteiger partial charge in [0, 0.05) is 6.54 Å². The topological polar surface area (TPSA) is 121 Å². The largest absolute Gasteiger partial charge is 0.481 e. The Morgan fingerprint density at radius 1 is 1.46 bits per heavy atom. The van der Waals surface area contributed by atoms with Crippen LogP contribution in [0.15, 0.2) is 12.7 Å². The Hall–Kier alpha value is -1.40. The van der Waals surface area contributed by atoms with Crippen LogP contribution in [0, 0.1) is 0 Å². The van der Waals surface area contributed by atoms with Crippen LogP contribution in [0.3, 0.4) is 0 Å². The molecule has 6 nitrogen and oxygen atoms in total. The molecule has 0 saturated heterocycles. The van der Waals surface area contributed by atoms with Gasteiger partial charge < -0.3 is 21.1 Å². The molecular weight excluding hydrogens is 178 g/mol. The fraction of sp³-hybridized carbons (Fsp3) is 0.429. The highest BCUT2D eigenvalue weighted by Gasteiger charge is 2.16. The van der Waals surface area contributed by atoms with Crippen LogP contribution in [0.1, 0.15) is 6.42 Å². The second kappa shape index (κ2) is 8.69. The lowest BCUT2D eigenvalue weighted by Gasteiger charge is -1.97. The SMILES string of the molecule is C=CCN.O=C(O)CC(O)C(=O)O. The fourth-order valence-corrected chi connectivity index (χ4v) is 0.253. The molecule has 0 spiro atoms. The van der Waals surface area contributed by atoms with Crippen molar-refractivity contribution in [2.75, 3.05) is 6.54 Å². The maximum atomic E-state index is 9.72. The number of aliphatic carboxylic acids is 2. The Kier molecular flexibility index (Phi) is 9.46. The Labute approximate surface area is 75.3 Å². The van der Waals surface area contributed by atoms with Crippen molar-refractivity contribution in [3.8, 4) is 0 Å². The van der Waals surface area contributed by atoms with Crippen molar-refractivity contribution < 1.29 is 24.9 Å². The molecule has 0 aromatic rings. The summed E-state index contributed by atoms with van der Waals surface area (Å²) in [4.78, 5) is 19.4. The molecular formula is C7H13NO5. The second-order valence-electron chi connectivity index (χ2n) is 1.98. The van der Waals surface area contributed by atoms with Crippen molar-refractivity contribution in [1.29, 1.82) is 0 Å². The summed E-state index contributed by atoms with van der Waals surface area (Å²) >= 11 is 0. The first kappa shape index (κ1) is 14.1. The molecule has 6 heteroatoms. The maximum Gasteiger partial charge on any atom is 0.333 e. The van der Waals surface area contributed by atoms with Crippen molar-refractivity contribution in [1.82, 2.24) is 0 Å². The van der Waals surface area contributed by atoms with Gasteiger partial charge in [-0.1, -0.05) is 6.08 Å². The summed E-state index contributed by atoms with van der Waals surface area (Å²) in [6, 6.07) is 0. The molecule has 1 atom stereocenters. The zero-order valence-corrected chi connectivity index (χ0v) is 7.01. The molecule has 0 radical (unpaired) electrons. The standard InChI is InChI=1S/C4H6O5.C3H7N/c5-2(4(8)9)1-3(6)7;1-2-3-4/h2,5H,1H2,(H,6,7)(H,8,9);2H,1,3-4H2. The number of aliphatic hydroxyl groups is 1. The third-order valence-electron chi connectivity index (χ3n) is 0.820. The number of rotatable bonds is 4. The Bertz CT molecular complexity index is 180. The van der Waals surface area contributed by atoms with E-state index in [4.69, 9.17) is 21.1 Å². The zero-order chi connectivity index (χ0) is 10.9. The molecule has 76 valence electrons. The fourth-order valence-electron chi connectivity index (χ4n) is 0.253. The van der Waals surface area contributed by atoms with Gasteiger partial charge in [0.05, 0.1) is 6.42 Å². The van der Waals surface area contributed by atoms with Gasteiger partial charge in [0.15, 0.2) is 6.10 Å². The average molecular weight is 191 g/mol. The molecule has 0 aliphatic rings. The number of aliphatic hydroxyl groups excluding tert-OH is 1. The van der Waals surface area contributed by atoms with Crippen molar-refractivity contribution in [2.45, 2.75) is 12.5 Å². The highest BCUT2D eigenvalue weighted by atomic mass is 16.4. The van der Waals surface area contributed by atoms with Gasteiger partial charge in [-0.2, -0.15) is 0 Å². The Balaban J connectivity index is 0. The van der Waals surface area contributed by atoms with E-state index >= 15 is 0 Å². The van der Waals surface area contributed by atoms with E-state index in [0.717, 1.165) is 0 Å². The Morgan fingerprint density at radius 3 is 1.92 bits per heavy atom. The highest BCUT2D eigenvalue weighted by molar-refractivity contribution is 5.79. The lowest BCUT2D eigenvalue weighted by Crippen LogP contribution is -2.22. The molecule has 0 aromatic carbocycles. The van der Waals surface area contributed by atoms with E-state index in [2.05, 4.69) is 6.58 Å². The molecule has 0 heterocycles. The van der Waals surface area contributed by atoms with Crippen LogP contribution in [-0.2, 0) is 9.59 Å². The number of carboxylic acid groups (broad SMARTS) is 2. The molecule has 0 rings (SSSR count). The van der Waals surface area contributed by atoms with Crippen LogP contribution in [0.2, 0.25) is 0 Å². The van der Waals surface area contributed by atoms with Crippen molar-refractivity contribution in [3.63, 3.8) is 0 Å². The molecule has 0 aromatic heterocycles. The second-order valence-corrected chi connectivity index (χ2v) is 1.98. The minimum Gasteiger partial charge on any atom is -0.481 e. The highest BCUT2D eigenvalue weighted by Crippen LogP contribution is 1.89. The van der Waals surface area contributed by atoms with Crippen LogP contribution in [0.5, 0.6) is 0 Å². The summed E-state index contributed by atoms with van der Waals surface area (Å²) in [7, 11) is 0. The van der Waals surface area contributed by atoms with Gasteiger partial charge in [0.1, 0.15) is 0 Å². The third-order valence-corrected chi connectivity index (χ3v) is 0.820. The quantitative estimate of drug-likeness (QED) is 0.424. The molecule has 0 bridgehead atoms. The molecule has 0 aliphatic heterocycles. The van der Waals surface area contributed by atoms with E-state index in [0.29, 0.717) is 6.54 Å². The first-order valence-corrected chi connectivity index (χ1v) is 3.39. The van der Waals surface area contributed by atoms with Crippen LogP contribution in [-0.4, -0.2) is 39.9 Å². The van der Waals surface area contributed by atoms with Gasteiger partial charge in [0.25, 0.3) is 0 Å². The van der Waals surface area contributed by atoms with Gasteiger partial charge in [-0.3, -0.25) is 4.79 Å². The normalized spacial score (nSPS) is 10.6. The lowest BCUT2D eigenvalue weighted by molar-refractivity contribution is -0.152. The smallest absolute Gasteiger partial charge is 0.333 e. The summed E-state index contributed by atoms with van der Waals surface area (Å²) < 4.78 is 0. The van der Waals surface area contributed by atoms with Crippen molar-refractivity contribution >= 4 is 11.9 Å². The summed E-state index contributed by atoms with van der Waals surface area (Å²) in [5, 5.41) is 24.1. The lowest BCUT2D eigenvalue weighted by atomic mass is 10.3. The molecule has 13 heavy (non-hydrogen) atoms. The van der Waals surface area contributed by atoms with E-state index in [9.17, 15) is 9.59 Å². The number of hydrogen-bond acceptors (Lipinski definition) is 4. The van der Waals surface area contributed by atoms with Crippen LogP contribution in [0.25, 0.3) is 0 Å². The monoisotopic (exact) mass is 191 g/mol. The van der Waals surface area contributed by atoms with E-state index in [1.54, 1.807) is 6.08 Å². The number of carbonyl (C=O) groups is 2. The molecule has 0 fully saturated rings. The molecule has 0 amide bonds. The average Bonchev–Trinajstić information content (AvgIpc) is 2.03. The van der Waals surface area contributed by atoms with Gasteiger partial charge in [-0.05, 0) is 0 Å². The predicted octanol–water partition coefficient (Wildman–Crippen LogP) is -0.962. The Morgan fingerprint density at radius 2 is 1.85 bits per heavy atom. The van der Waals surface area contributed by atoms with E-state index in [1.807, 2.05) is 0 Å². The van der Waals surface area contributed by atoms with Gasteiger partial charge >= 0.3 is 11.9 Å². The minimum absolute atomic E-state index is 0.583. The predicted molar refractivity (Wildman–Crippen MR) is 45.1 cm³/mol. The zero-order valence-electron chi connectivity index (χ0n) is 7.01. The van der Waals surface area contributed by atoms with Gasteiger partial charge in [-0.15, -0.1) is 6.58 Å². The molecule has 0 aliphatic carbocycles. The molecule has 1 unspecified atom stereocenters. The molecule has 0 saturated carbocycles.